The molecule has 0 aliphatic carbocycles. The molecule has 2 heteroatoms. The minimum Gasteiger partial charge on any atom is -0.342 e. The fraction of sp³-hybridized carbons (Fsp3) is 0.167. The van der Waals surface area contributed by atoms with Crippen molar-refractivity contribution in [2.75, 3.05) is 9.80 Å². The van der Waals surface area contributed by atoms with E-state index in [0.29, 0.717) is 0 Å². The monoisotopic (exact) mass is 492 g/mol. The molecule has 186 valence electrons. The van der Waals surface area contributed by atoms with Gasteiger partial charge in [-0.1, -0.05) is 127 Å². The molecule has 2 aliphatic rings. The Kier molecular flexibility index (Phi) is 5.37. The summed E-state index contributed by atoms with van der Waals surface area (Å²) in [7, 11) is 0. The minimum atomic E-state index is -0.316. The Morgan fingerprint density at radius 1 is 0.526 bits per heavy atom. The predicted octanol–water partition coefficient (Wildman–Crippen LogP) is 8.13. The molecule has 2 nitrogen and oxygen atoms in total. The van der Waals surface area contributed by atoms with E-state index in [1.807, 2.05) is 0 Å². The Morgan fingerprint density at radius 3 is 1.63 bits per heavy atom. The first kappa shape index (κ1) is 22.9. The summed E-state index contributed by atoms with van der Waals surface area (Å²) in [5, 5.41) is 0. The fourth-order valence-electron chi connectivity index (χ4n) is 7.31. The van der Waals surface area contributed by atoms with Crippen LogP contribution in [0.3, 0.4) is 0 Å². The summed E-state index contributed by atoms with van der Waals surface area (Å²) >= 11 is 0. The lowest BCUT2D eigenvalue weighted by atomic mass is 9.65. The average Bonchev–Trinajstić information content (AvgIpc) is 3.45. The number of hydrogen-bond donors (Lipinski definition) is 0. The van der Waals surface area contributed by atoms with Crippen molar-refractivity contribution in [2.45, 2.75) is 37.5 Å². The summed E-state index contributed by atoms with van der Waals surface area (Å²) < 4.78 is 0. The van der Waals surface area contributed by atoms with Gasteiger partial charge in [0, 0.05) is 11.4 Å². The van der Waals surface area contributed by atoms with Gasteiger partial charge in [0.1, 0.15) is 6.17 Å². The average molecular weight is 493 g/mol. The second-order valence-electron chi connectivity index (χ2n) is 10.6. The highest BCUT2D eigenvalue weighted by Crippen LogP contribution is 2.61. The van der Waals surface area contributed by atoms with Gasteiger partial charge >= 0.3 is 0 Å². The van der Waals surface area contributed by atoms with E-state index in [4.69, 9.17) is 0 Å². The van der Waals surface area contributed by atoms with E-state index in [-0.39, 0.29) is 23.7 Å². The van der Waals surface area contributed by atoms with Crippen LogP contribution in [0.25, 0.3) is 0 Å². The molecule has 2 aliphatic heterocycles. The van der Waals surface area contributed by atoms with Crippen LogP contribution in [0.1, 0.15) is 40.9 Å². The Bertz CT molecular complexity index is 1520. The van der Waals surface area contributed by atoms with Crippen LogP contribution in [0.2, 0.25) is 0 Å². The van der Waals surface area contributed by atoms with Gasteiger partial charge in [-0.15, -0.1) is 0 Å². The lowest BCUT2D eigenvalue weighted by molar-refractivity contribution is 0.469. The van der Waals surface area contributed by atoms with E-state index >= 15 is 0 Å². The van der Waals surface area contributed by atoms with Crippen LogP contribution < -0.4 is 9.80 Å². The highest BCUT2D eigenvalue weighted by Gasteiger charge is 2.62. The summed E-state index contributed by atoms with van der Waals surface area (Å²) in [6, 6.07) is 51.8. The predicted molar refractivity (Wildman–Crippen MR) is 158 cm³/mol. The SMILES string of the molecule is Cc1ccccc1N1C(c2ccccc2)N2c3ccccc3C(c3ccccc3)(c3ccccc3)C2[C@@H]1C. The molecule has 0 amide bonds. The second kappa shape index (κ2) is 8.92. The van der Waals surface area contributed by atoms with E-state index in [1.165, 1.54) is 39.2 Å². The van der Waals surface area contributed by atoms with Gasteiger partial charge in [-0.2, -0.15) is 0 Å². The topological polar surface area (TPSA) is 6.48 Å². The third-order valence-electron chi connectivity index (χ3n) is 8.72. The van der Waals surface area contributed by atoms with Gasteiger partial charge in [0.2, 0.25) is 0 Å². The molecular formula is C36H32N2. The van der Waals surface area contributed by atoms with Crippen LogP contribution in [-0.2, 0) is 5.41 Å². The van der Waals surface area contributed by atoms with Gasteiger partial charge in [0.15, 0.2) is 0 Å². The van der Waals surface area contributed by atoms with Crippen LogP contribution in [0, 0.1) is 6.92 Å². The van der Waals surface area contributed by atoms with Gasteiger partial charge < -0.3 is 9.80 Å². The van der Waals surface area contributed by atoms with Crippen LogP contribution in [0.15, 0.2) is 140 Å². The van der Waals surface area contributed by atoms with Crippen molar-refractivity contribution in [1.29, 1.82) is 0 Å². The smallest absolute Gasteiger partial charge is 0.129 e. The fourth-order valence-corrected chi connectivity index (χ4v) is 7.31. The van der Waals surface area contributed by atoms with E-state index in [2.05, 4.69) is 163 Å². The molecule has 5 aromatic rings. The highest BCUT2D eigenvalue weighted by atomic mass is 15.5. The van der Waals surface area contributed by atoms with Gasteiger partial charge in [-0.3, -0.25) is 0 Å². The Morgan fingerprint density at radius 2 is 1.03 bits per heavy atom. The molecule has 38 heavy (non-hydrogen) atoms. The number of hydrogen-bond acceptors (Lipinski definition) is 2. The molecule has 0 N–H and O–H groups in total. The standard InChI is InChI=1S/C36H32N2/c1-26-16-12-14-24-32(26)37-27(2)34-36(29-19-8-4-9-20-29,30-21-10-5-11-22-30)31-23-13-15-25-33(31)38(34)35(37)28-17-6-3-7-18-28/h3-25,27,34-35H,1-2H3/t27-,34?,35?/m0/s1. The maximum absolute atomic E-state index is 2.72. The normalized spacial score (nSPS) is 21.3. The third-order valence-corrected chi connectivity index (χ3v) is 8.72. The van der Waals surface area contributed by atoms with E-state index in [1.54, 1.807) is 0 Å². The number of anilines is 2. The molecule has 2 unspecified atom stereocenters. The van der Waals surface area contributed by atoms with Crippen LogP contribution in [0.5, 0.6) is 0 Å². The molecule has 5 aromatic carbocycles. The summed E-state index contributed by atoms with van der Waals surface area (Å²) in [6.45, 7) is 4.67. The maximum atomic E-state index is 2.72. The van der Waals surface area contributed by atoms with Crippen LogP contribution >= 0.6 is 0 Å². The van der Waals surface area contributed by atoms with E-state index in [9.17, 15) is 0 Å². The Hall–Kier alpha value is -4.30. The number of aryl methyl sites for hydroxylation is 1. The van der Waals surface area contributed by atoms with Crippen molar-refractivity contribution in [3.63, 3.8) is 0 Å². The van der Waals surface area contributed by atoms with Gasteiger partial charge in [0.25, 0.3) is 0 Å². The molecule has 3 atom stereocenters. The van der Waals surface area contributed by atoms with Crippen molar-refractivity contribution < 1.29 is 0 Å². The summed E-state index contributed by atoms with van der Waals surface area (Å²) in [6.07, 6.45) is 0.0766. The first-order chi connectivity index (χ1) is 18.7. The molecule has 0 saturated carbocycles. The highest BCUT2D eigenvalue weighted by molar-refractivity contribution is 5.77. The van der Waals surface area contributed by atoms with Crippen LogP contribution in [0.4, 0.5) is 11.4 Å². The third kappa shape index (κ3) is 3.13. The number of nitrogens with zero attached hydrogens (tertiary/aromatic N) is 2. The quantitative estimate of drug-likeness (QED) is 0.250. The molecule has 1 fully saturated rings. The molecule has 2 heterocycles. The van der Waals surface area contributed by atoms with Crippen molar-refractivity contribution >= 4 is 11.4 Å². The second-order valence-corrected chi connectivity index (χ2v) is 10.6. The molecular weight excluding hydrogens is 460 g/mol. The first-order valence-electron chi connectivity index (χ1n) is 13.6. The minimum absolute atomic E-state index is 0.0766. The summed E-state index contributed by atoms with van der Waals surface area (Å²) in [5.74, 6) is 0. The zero-order chi connectivity index (χ0) is 25.7. The molecule has 7 rings (SSSR count). The van der Waals surface area contributed by atoms with Gasteiger partial charge in [0.05, 0.1) is 17.5 Å². The van der Waals surface area contributed by atoms with Gasteiger partial charge in [-0.25, -0.2) is 0 Å². The van der Waals surface area contributed by atoms with Crippen molar-refractivity contribution in [3.05, 3.63) is 167 Å². The molecule has 0 bridgehead atoms. The maximum Gasteiger partial charge on any atom is 0.129 e. The number of rotatable bonds is 4. The molecule has 1 saturated heterocycles. The lowest BCUT2D eigenvalue weighted by Crippen LogP contribution is -2.49. The Balaban J connectivity index is 1.57. The summed E-state index contributed by atoms with van der Waals surface area (Å²) in [5.41, 5.74) is 9.00. The Labute approximate surface area is 225 Å². The molecule has 0 aromatic heterocycles. The van der Waals surface area contributed by atoms with E-state index in [0.717, 1.165) is 0 Å². The molecule has 0 radical (unpaired) electrons. The largest absolute Gasteiger partial charge is 0.342 e. The number of fused-ring (bicyclic) bond motifs is 3. The van der Waals surface area contributed by atoms with Crippen molar-refractivity contribution in [3.8, 4) is 0 Å². The number of benzene rings is 5. The lowest BCUT2D eigenvalue weighted by Gasteiger charge is -2.40. The first-order valence-corrected chi connectivity index (χ1v) is 13.6. The summed E-state index contributed by atoms with van der Waals surface area (Å²) in [4.78, 5) is 5.40. The van der Waals surface area contributed by atoms with Gasteiger partial charge in [-0.05, 0) is 53.8 Å². The molecule has 0 spiro atoms. The zero-order valence-corrected chi connectivity index (χ0v) is 21.9. The zero-order valence-electron chi connectivity index (χ0n) is 21.9. The van der Waals surface area contributed by atoms with Crippen molar-refractivity contribution in [1.82, 2.24) is 0 Å². The van der Waals surface area contributed by atoms with E-state index < -0.39 is 0 Å². The number of para-hydroxylation sites is 2. The van der Waals surface area contributed by atoms with Crippen LogP contribution in [-0.4, -0.2) is 12.1 Å². The van der Waals surface area contributed by atoms with Crippen molar-refractivity contribution in [2.24, 2.45) is 0 Å².